The van der Waals surface area contributed by atoms with E-state index in [1.807, 2.05) is 72.8 Å². The van der Waals surface area contributed by atoms with Crippen LogP contribution in [0.4, 0.5) is 11.4 Å². The van der Waals surface area contributed by atoms with Gasteiger partial charge in [0.05, 0.1) is 33.6 Å². The largest absolute Gasteiger partial charge is 0.383 e. The van der Waals surface area contributed by atoms with Gasteiger partial charge in [-0.3, -0.25) is 9.59 Å². The van der Waals surface area contributed by atoms with Gasteiger partial charge in [0.25, 0.3) is 0 Å². The third-order valence-corrected chi connectivity index (χ3v) is 9.94. The van der Waals surface area contributed by atoms with Crippen molar-refractivity contribution in [2.24, 2.45) is 0 Å². The second kappa shape index (κ2) is 14.6. The van der Waals surface area contributed by atoms with Gasteiger partial charge in [-0.1, -0.05) is 72.8 Å². The van der Waals surface area contributed by atoms with Crippen molar-refractivity contribution in [3.8, 4) is 0 Å². The zero-order valence-corrected chi connectivity index (χ0v) is 26.5. The molecule has 6 aromatic rings. The van der Waals surface area contributed by atoms with Crippen LogP contribution in [0.5, 0.6) is 0 Å². The van der Waals surface area contributed by atoms with Crippen LogP contribution in [0, 0.1) is 0 Å². The molecule has 4 aromatic carbocycles. The second-order valence-corrected chi connectivity index (χ2v) is 13.5. The molecule has 0 unspecified atom stereocenters. The Morgan fingerprint density at radius 3 is 1.45 bits per heavy atom. The van der Waals surface area contributed by atoms with E-state index in [0.29, 0.717) is 21.8 Å². The third kappa shape index (κ3) is 7.88. The topological polar surface area (TPSA) is 102 Å². The molecule has 222 valence electrons. The van der Waals surface area contributed by atoms with Crippen LogP contribution < -0.4 is 10.6 Å². The highest BCUT2D eigenvalue weighted by atomic mass is 32.2. The van der Waals surface area contributed by atoms with Crippen molar-refractivity contribution in [1.82, 2.24) is 9.97 Å². The van der Waals surface area contributed by atoms with Gasteiger partial charge in [-0.2, -0.15) is 0 Å². The predicted octanol–water partition coefficient (Wildman–Crippen LogP) is 8.71. The van der Waals surface area contributed by atoms with Gasteiger partial charge in [0.15, 0.2) is 8.68 Å². The molecule has 0 saturated carbocycles. The maximum atomic E-state index is 12.3. The number of hydrogen-bond acceptors (Lipinski definition) is 12. The van der Waals surface area contributed by atoms with Crippen molar-refractivity contribution < 1.29 is 18.0 Å². The number of aromatic nitrogens is 2. The molecule has 44 heavy (non-hydrogen) atoms. The Morgan fingerprint density at radius 1 is 0.591 bits per heavy atom. The first-order valence-corrected chi connectivity index (χ1v) is 16.8. The molecular weight excluding hydrogens is 633 g/mol. The van der Waals surface area contributed by atoms with E-state index in [1.54, 1.807) is 0 Å². The lowest BCUT2D eigenvalue weighted by Gasteiger charge is -2.06. The molecule has 2 N–H and O–H groups in total. The molecule has 0 fully saturated rings. The first-order valence-electron chi connectivity index (χ1n) is 13.7. The summed E-state index contributed by atoms with van der Waals surface area (Å²) in [5.41, 5.74) is 5.80. The maximum Gasteiger partial charge on any atom is 0.318 e. The molecule has 0 spiro atoms. The van der Waals surface area contributed by atoms with Gasteiger partial charge in [0.1, 0.15) is 35.1 Å². The van der Waals surface area contributed by atoms with Crippen molar-refractivity contribution in [3.05, 3.63) is 108 Å². The van der Waals surface area contributed by atoms with Crippen LogP contribution in [-0.2, 0) is 31.0 Å². The fraction of sp³-hybridized carbons (Fsp3) is 0.125. The highest BCUT2D eigenvalue weighted by Gasteiger charge is 2.16. The van der Waals surface area contributed by atoms with E-state index in [9.17, 15) is 9.59 Å². The number of thiazole rings is 2. The Balaban J connectivity index is 0.955. The number of nitrogens with zero attached hydrogens (tertiary/aromatic N) is 2. The van der Waals surface area contributed by atoms with Crippen LogP contribution in [-0.4, -0.2) is 21.9 Å². The van der Waals surface area contributed by atoms with Crippen molar-refractivity contribution in [2.75, 3.05) is 10.6 Å². The number of carbonyl (C=O) groups excluding carboxylic acids is 2. The summed E-state index contributed by atoms with van der Waals surface area (Å²) in [7, 11) is 0. The summed E-state index contributed by atoms with van der Waals surface area (Å²) in [6, 6.07) is 32.1. The Hall–Kier alpha value is -4.10. The lowest BCUT2D eigenvalue weighted by atomic mass is 10.2. The number of fused-ring (bicyclic) bond motifs is 2. The Kier molecular flexibility index (Phi) is 9.93. The van der Waals surface area contributed by atoms with E-state index in [4.69, 9.17) is 8.37 Å². The highest BCUT2D eigenvalue weighted by molar-refractivity contribution is 7.97. The first-order chi connectivity index (χ1) is 21.6. The summed E-state index contributed by atoms with van der Waals surface area (Å²) < 4.78 is 13.8. The third-order valence-electron chi connectivity index (χ3n) is 6.40. The molecule has 2 aromatic heterocycles. The summed E-state index contributed by atoms with van der Waals surface area (Å²) in [6.45, 7) is 1.35. The smallest absolute Gasteiger partial charge is 0.318 e. The van der Waals surface area contributed by atoms with Crippen LogP contribution in [0.15, 0.2) is 106 Å². The number of carbonyl (C=O) groups is 2. The molecule has 0 aliphatic rings. The van der Waals surface area contributed by atoms with Crippen molar-refractivity contribution in [1.29, 1.82) is 0 Å². The number of nitrogens with one attached hydrogen (secondary N) is 2. The molecule has 0 radical (unpaired) electrons. The van der Waals surface area contributed by atoms with E-state index in [2.05, 4.69) is 44.9 Å². The van der Waals surface area contributed by atoms with Crippen LogP contribution in [0.2, 0.25) is 0 Å². The fourth-order valence-corrected chi connectivity index (χ4v) is 7.47. The Labute approximate surface area is 270 Å². The van der Waals surface area contributed by atoms with Gasteiger partial charge in [-0.05, 0) is 35.4 Å². The standard InChI is InChI=1S/C32H26N4O4S4/c37-27(39-43-31-35-29-23(13-7-15-25(29)41-31)33-19-21-9-3-1-4-10-21)17-18-28(38)40-44-32-36-30-24(14-8-16-26(30)42-32)34-20-22-11-5-2-6-12-22/h1-16,33-34H,17-20H2. The molecule has 0 saturated heterocycles. The monoisotopic (exact) mass is 658 g/mol. The average molecular weight is 659 g/mol. The lowest BCUT2D eigenvalue weighted by Crippen LogP contribution is -2.05. The molecule has 0 atom stereocenters. The van der Waals surface area contributed by atoms with E-state index >= 15 is 0 Å². The number of anilines is 2. The number of rotatable bonds is 13. The molecule has 0 bridgehead atoms. The van der Waals surface area contributed by atoms with Gasteiger partial charge in [-0.25, -0.2) is 9.97 Å². The second-order valence-electron chi connectivity index (χ2n) is 9.52. The molecule has 0 amide bonds. The number of hydrogen-bond donors (Lipinski definition) is 2. The normalized spacial score (nSPS) is 11.0. The zero-order valence-electron chi connectivity index (χ0n) is 23.2. The molecular formula is C32H26N4O4S4. The SMILES string of the molecule is O=C(CCC(=O)OSc1nc2c(NCc3ccccc3)cccc2s1)OSc1nc2c(NCc3ccccc3)cccc2s1. The predicted molar refractivity (Wildman–Crippen MR) is 180 cm³/mol. The van der Waals surface area contributed by atoms with Gasteiger partial charge < -0.3 is 19.0 Å². The van der Waals surface area contributed by atoms with E-state index in [-0.39, 0.29) is 12.8 Å². The minimum absolute atomic E-state index is 0.103. The fourth-order valence-electron chi connectivity index (χ4n) is 4.25. The van der Waals surface area contributed by atoms with E-state index < -0.39 is 11.9 Å². The Morgan fingerprint density at radius 2 is 1.02 bits per heavy atom. The first kappa shape index (κ1) is 29.9. The van der Waals surface area contributed by atoms with Crippen molar-refractivity contribution in [3.63, 3.8) is 0 Å². The van der Waals surface area contributed by atoms with Gasteiger partial charge >= 0.3 is 11.9 Å². The molecule has 12 heteroatoms. The van der Waals surface area contributed by atoms with Crippen molar-refractivity contribution >= 4 is 90.5 Å². The molecule has 6 rings (SSSR count). The summed E-state index contributed by atoms with van der Waals surface area (Å²) in [5, 5.41) is 6.85. The zero-order chi connectivity index (χ0) is 30.1. The number of benzene rings is 4. The van der Waals surface area contributed by atoms with Crippen molar-refractivity contribution in [2.45, 2.75) is 34.6 Å². The van der Waals surface area contributed by atoms with E-state index in [0.717, 1.165) is 55.9 Å². The minimum atomic E-state index is -0.521. The average Bonchev–Trinajstić information content (AvgIpc) is 3.69. The Bertz CT molecular complexity index is 1740. The molecule has 0 aliphatic heterocycles. The maximum absolute atomic E-state index is 12.3. The van der Waals surface area contributed by atoms with Gasteiger partial charge in [-0.15, -0.1) is 22.7 Å². The summed E-state index contributed by atoms with van der Waals surface area (Å²) >= 11 is 4.69. The van der Waals surface area contributed by atoms with Crippen LogP contribution >= 0.6 is 46.8 Å². The number of para-hydroxylation sites is 2. The minimum Gasteiger partial charge on any atom is -0.383 e. The summed E-state index contributed by atoms with van der Waals surface area (Å²) in [5.74, 6) is -1.04. The van der Waals surface area contributed by atoms with Crippen LogP contribution in [0.1, 0.15) is 24.0 Å². The molecule has 0 aliphatic carbocycles. The van der Waals surface area contributed by atoms with Gasteiger partial charge in [0.2, 0.25) is 0 Å². The lowest BCUT2D eigenvalue weighted by molar-refractivity contribution is -0.139. The van der Waals surface area contributed by atoms with Crippen LogP contribution in [0.25, 0.3) is 20.4 Å². The molecule has 8 nitrogen and oxygen atoms in total. The molecule has 2 heterocycles. The summed E-state index contributed by atoms with van der Waals surface area (Å²) in [4.78, 5) is 34.0. The van der Waals surface area contributed by atoms with Crippen LogP contribution in [0.3, 0.4) is 0 Å². The summed E-state index contributed by atoms with van der Waals surface area (Å²) in [6.07, 6.45) is -0.205. The highest BCUT2D eigenvalue weighted by Crippen LogP contribution is 2.35. The van der Waals surface area contributed by atoms with E-state index in [1.165, 1.54) is 33.8 Å². The quantitative estimate of drug-likeness (QED) is 0.117. The van der Waals surface area contributed by atoms with Gasteiger partial charge in [0, 0.05) is 13.1 Å².